The Labute approximate surface area is 109 Å². The number of benzene rings is 1. The van der Waals surface area contributed by atoms with Crippen molar-refractivity contribution in [3.63, 3.8) is 0 Å². The van der Waals surface area contributed by atoms with E-state index in [-0.39, 0.29) is 11.4 Å². The highest BCUT2D eigenvalue weighted by Crippen LogP contribution is 2.25. The first kappa shape index (κ1) is 12.9. The van der Waals surface area contributed by atoms with Crippen LogP contribution in [0.3, 0.4) is 0 Å². The Morgan fingerprint density at radius 3 is 2.79 bits per heavy atom. The zero-order chi connectivity index (χ0) is 13.8. The van der Waals surface area contributed by atoms with E-state index in [0.717, 1.165) is 17.3 Å². The number of hydrogen-bond acceptors (Lipinski definition) is 4. The Kier molecular flexibility index (Phi) is 3.70. The Hall–Kier alpha value is -2.50. The molecule has 0 aliphatic rings. The molecule has 0 bridgehead atoms. The lowest BCUT2D eigenvalue weighted by molar-refractivity contribution is -0.384. The highest BCUT2D eigenvalue weighted by atomic mass is 19.1. The molecule has 19 heavy (non-hydrogen) atoms. The highest BCUT2D eigenvalue weighted by molar-refractivity contribution is 5.61. The molecule has 0 aliphatic carbocycles. The van der Waals surface area contributed by atoms with Crippen molar-refractivity contribution in [2.45, 2.75) is 13.5 Å². The number of nitrogens with one attached hydrogen (secondary N) is 1. The molecule has 1 heterocycles. The molecule has 0 aliphatic heterocycles. The molecule has 98 valence electrons. The van der Waals surface area contributed by atoms with Gasteiger partial charge in [-0.05, 0) is 30.7 Å². The number of aromatic nitrogens is 1. The Morgan fingerprint density at radius 2 is 2.16 bits per heavy atom. The van der Waals surface area contributed by atoms with Crippen LogP contribution in [0.1, 0.15) is 11.3 Å². The Balaban J connectivity index is 2.15. The first-order valence-corrected chi connectivity index (χ1v) is 5.65. The van der Waals surface area contributed by atoms with Crippen molar-refractivity contribution < 1.29 is 9.31 Å². The minimum absolute atomic E-state index is 0.278. The van der Waals surface area contributed by atoms with Crippen LogP contribution in [0.15, 0.2) is 36.5 Å². The first-order chi connectivity index (χ1) is 9.06. The van der Waals surface area contributed by atoms with E-state index < -0.39 is 10.7 Å². The lowest BCUT2D eigenvalue weighted by atomic mass is 10.2. The summed E-state index contributed by atoms with van der Waals surface area (Å²) in [4.78, 5) is 14.3. The zero-order valence-corrected chi connectivity index (χ0v) is 10.3. The number of halogens is 1. The maximum Gasteiger partial charge on any atom is 0.295 e. The van der Waals surface area contributed by atoms with Gasteiger partial charge in [-0.1, -0.05) is 6.07 Å². The molecule has 0 atom stereocenters. The molecule has 1 aromatic carbocycles. The van der Waals surface area contributed by atoms with Crippen LogP contribution in [-0.4, -0.2) is 9.91 Å². The largest absolute Gasteiger partial charge is 0.375 e. The third-order valence-corrected chi connectivity index (χ3v) is 2.61. The van der Waals surface area contributed by atoms with Crippen molar-refractivity contribution >= 4 is 11.4 Å². The summed E-state index contributed by atoms with van der Waals surface area (Å²) in [7, 11) is 0. The van der Waals surface area contributed by atoms with E-state index in [9.17, 15) is 14.5 Å². The summed E-state index contributed by atoms with van der Waals surface area (Å²) in [5, 5.41) is 13.7. The number of hydrogen-bond donors (Lipinski definition) is 1. The van der Waals surface area contributed by atoms with Gasteiger partial charge in [-0.2, -0.15) is 0 Å². The third kappa shape index (κ3) is 3.25. The van der Waals surface area contributed by atoms with Crippen LogP contribution in [0.5, 0.6) is 0 Å². The number of rotatable bonds is 4. The quantitative estimate of drug-likeness (QED) is 0.678. The molecule has 0 unspecified atom stereocenters. The average molecular weight is 261 g/mol. The van der Waals surface area contributed by atoms with Crippen molar-refractivity contribution in [3.8, 4) is 0 Å². The van der Waals surface area contributed by atoms with Crippen LogP contribution in [0.25, 0.3) is 0 Å². The van der Waals surface area contributed by atoms with Crippen LogP contribution in [0.2, 0.25) is 0 Å². The van der Waals surface area contributed by atoms with E-state index in [4.69, 9.17) is 0 Å². The summed E-state index contributed by atoms with van der Waals surface area (Å²) in [6, 6.07) is 7.17. The molecule has 0 saturated heterocycles. The summed E-state index contributed by atoms with van der Waals surface area (Å²) in [5.41, 5.74) is 1.80. The SMILES string of the molecule is Cc1ccc(CNc2ccc(F)cc2[N+](=O)[O-])cn1. The number of anilines is 1. The molecule has 0 spiro atoms. The van der Waals surface area contributed by atoms with E-state index in [1.165, 1.54) is 12.1 Å². The van der Waals surface area contributed by atoms with Gasteiger partial charge in [0.1, 0.15) is 11.5 Å². The first-order valence-electron chi connectivity index (χ1n) is 5.65. The highest BCUT2D eigenvalue weighted by Gasteiger charge is 2.14. The van der Waals surface area contributed by atoms with Crippen molar-refractivity contribution in [2.75, 3.05) is 5.32 Å². The molecule has 2 aromatic rings. The minimum atomic E-state index is -0.630. The summed E-state index contributed by atoms with van der Waals surface area (Å²) in [5.74, 6) is -0.630. The zero-order valence-electron chi connectivity index (χ0n) is 10.3. The predicted octanol–water partition coefficient (Wildman–Crippen LogP) is 3.05. The summed E-state index contributed by atoms with van der Waals surface area (Å²) in [6.45, 7) is 2.27. The van der Waals surface area contributed by atoms with Gasteiger partial charge in [-0.25, -0.2) is 4.39 Å². The van der Waals surface area contributed by atoms with Gasteiger partial charge in [0.05, 0.1) is 11.0 Å². The minimum Gasteiger partial charge on any atom is -0.375 e. The number of pyridine rings is 1. The molecule has 0 fully saturated rings. The lowest BCUT2D eigenvalue weighted by Gasteiger charge is -2.07. The summed E-state index contributed by atoms with van der Waals surface area (Å²) in [6.07, 6.45) is 1.69. The van der Waals surface area contributed by atoms with Crippen molar-refractivity contribution in [1.82, 2.24) is 4.98 Å². The van der Waals surface area contributed by atoms with Crippen LogP contribution in [0.4, 0.5) is 15.8 Å². The fourth-order valence-corrected chi connectivity index (χ4v) is 1.61. The Bertz CT molecular complexity index is 599. The van der Waals surface area contributed by atoms with Gasteiger partial charge in [-0.3, -0.25) is 15.1 Å². The van der Waals surface area contributed by atoms with Gasteiger partial charge < -0.3 is 5.32 Å². The lowest BCUT2D eigenvalue weighted by Crippen LogP contribution is -2.03. The molecule has 2 rings (SSSR count). The molecule has 1 N–H and O–H groups in total. The number of aryl methyl sites for hydroxylation is 1. The topological polar surface area (TPSA) is 68.1 Å². The second kappa shape index (κ2) is 5.43. The van der Waals surface area contributed by atoms with Crippen molar-refractivity contribution in [2.24, 2.45) is 0 Å². The van der Waals surface area contributed by atoms with Crippen LogP contribution >= 0.6 is 0 Å². The van der Waals surface area contributed by atoms with Gasteiger partial charge in [-0.15, -0.1) is 0 Å². The summed E-state index contributed by atoms with van der Waals surface area (Å²) >= 11 is 0. The van der Waals surface area contributed by atoms with Gasteiger partial charge in [0, 0.05) is 18.4 Å². The fraction of sp³-hybridized carbons (Fsp3) is 0.154. The smallest absolute Gasteiger partial charge is 0.295 e. The normalized spacial score (nSPS) is 10.2. The van der Waals surface area contributed by atoms with Crippen LogP contribution in [0, 0.1) is 22.9 Å². The van der Waals surface area contributed by atoms with E-state index in [2.05, 4.69) is 10.3 Å². The van der Waals surface area contributed by atoms with E-state index >= 15 is 0 Å². The van der Waals surface area contributed by atoms with Crippen molar-refractivity contribution in [3.05, 3.63) is 63.7 Å². The molecule has 0 saturated carbocycles. The molecular weight excluding hydrogens is 249 g/mol. The molecule has 5 nitrogen and oxygen atoms in total. The van der Waals surface area contributed by atoms with Crippen LogP contribution in [-0.2, 0) is 6.54 Å². The number of nitrogens with zero attached hydrogens (tertiary/aromatic N) is 2. The number of nitro benzene ring substituents is 1. The van der Waals surface area contributed by atoms with Crippen LogP contribution < -0.4 is 5.32 Å². The molecular formula is C13H12FN3O2. The van der Waals surface area contributed by atoms with E-state index in [1.54, 1.807) is 6.20 Å². The molecule has 1 aromatic heterocycles. The van der Waals surface area contributed by atoms with E-state index in [1.807, 2.05) is 19.1 Å². The molecule has 0 radical (unpaired) electrons. The van der Waals surface area contributed by atoms with Gasteiger partial charge in [0.2, 0.25) is 0 Å². The fourth-order valence-electron chi connectivity index (χ4n) is 1.61. The van der Waals surface area contributed by atoms with Gasteiger partial charge in [0.15, 0.2) is 0 Å². The predicted molar refractivity (Wildman–Crippen MR) is 69.4 cm³/mol. The number of nitro groups is 1. The second-order valence-electron chi connectivity index (χ2n) is 4.08. The third-order valence-electron chi connectivity index (χ3n) is 2.61. The van der Waals surface area contributed by atoms with E-state index in [0.29, 0.717) is 6.54 Å². The second-order valence-corrected chi connectivity index (χ2v) is 4.08. The maximum absolute atomic E-state index is 13.0. The molecule has 6 heteroatoms. The Morgan fingerprint density at radius 1 is 1.37 bits per heavy atom. The summed E-state index contributed by atoms with van der Waals surface area (Å²) < 4.78 is 13.0. The maximum atomic E-state index is 13.0. The van der Waals surface area contributed by atoms with Crippen molar-refractivity contribution in [1.29, 1.82) is 0 Å². The average Bonchev–Trinajstić information content (AvgIpc) is 2.39. The molecule has 0 amide bonds. The van der Waals surface area contributed by atoms with Gasteiger partial charge in [0.25, 0.3) is 5.69 Å². The monoisotopic (exact) mass is 261 g/mol. The van der Waals surface area contributed by atoms with Gasteiger partial charge >= 0.3 is 0 Å². The standard InChI is InChI=1S/C13H12FN3O2/c1-9-2-3-10(7-15-9)8-16-12-5-4-11(14)6-13(12)17(18)19/h2-7,16H,8H2,1H3.